The Bertz CT molecular complexity index is 455. The molecular weight excluding hydrogens is 252 g/mol. The zero-order valence-corrected chi connectivity index (χ0v) is 11.9. The standard InChI is InChI=1S/C17H22O3/c1-2-11-19-13-15(12-14-7-3-4-8-14)17(18)20-16-9-5-6-10-16/h2,7,9,12H,1,3-6,8,10-11,13H2. The van der Waals surface area contributed by atoms with Crippen LogP contribution < -0.4 is 0 Å². The monoisotopic (exact) mass is 274 g/mol. The molecule has 0 saturated carbocycles. The summed E-state index contributed by atoms with van der Waals surface area (Å²) in [5, 5.41) is 0. The lowest BCUT2D eigenvalue weighted by Crippen LogP contribution is -2.13. The molecule has 0 atom stereocenters. The first kappa shape index (κ1) is 14.8. The average Bonchev–Trinajstić information content (AvgIpc) is 3.11. The third-order valence-electron chi connectivity index (χ3n) is 3.41. The molecule has 0 aromatic carbocycles. The van der Waals surface area contributed by atoms with E-state index < -0.39 is 0 Å². The normalized spacial score (nSPS) is 18.7. The number of hydrogen-bond acceptors (Lipinski definition) is 3. The Morgan fingerprint density at radius 1 is 1.25 bits per heavy atom. The fourth-order valence-corrected chi connectivity index (χ4v) is 2.38. The Balaban J connectivity index is 1.99. The van der Waals surface area contributed by atoms with Gasteiger partial charge in [0.25, 0.3) is 0 Å². The van der Waals surface area contributed by atoms with Crippen LogP contribution in [0, 0.1) is 0 Å². The summed E-state index contributed by atoms with van der Waals surface area (Å²) in [6.07, 6.45) is 14.0. The first-order valence-electron chi connectivity index (χ1n) is 7.29. The molecule has 0 aromatic rings. The van der Waals surface area contributed by atoms with Gasteiger partial charge >= 0.3 is 5.97 Å². The Morgan fingerprint density at radius 2 is 2.05 bits per heavy atom. The molecule has 0 fully saturated rings. The van der Waals surface area contributed by atoms with Crippen molar-refractivity contribution >= 4 is 5.97 Å². The second-order valence-corrected chi connectivity index (χ2v) is 5.10. The van der Waals surface area contributed by atoms with Gasteiger partial charge in [-0.15, -0.1) is 6.58 Å². The maximum Gasteiger partial charge on any atom is 0.341 e. The topological polar surface area (TPSA) is 35.5 Å². The van der Waals surface area contributed by atoms with Gasteiger partial charge in [0.05, 0.1) is 18.8 Å². The third kappa shape index (κ3) is 4.49. The largest absolute Gasteiger partial charge is 0.428 e. The molecule has 0 amide bonds. The van der Waals surface area contributed by atoms with Crippen molar-refractivity contribution in [1.82, 2.24) is 0 Å². The van der Waals surface area contributed by atoms with E-state index in [0.717, 1.165) is 44.3 Å². The van der Waals surface area contributed by atoms with Crippen LogP contribution in [0.3, 0.4) is 0 Å². The van der Waals surface area contributed by atoms with Crippen LogP contribution >= 0.6 is 0 Å². The van der Waals surface area contributed by atoms with Crippen LogP contribution in [0.4, 0.5) is 0 Å². The van der Waals surface area contributed by atoms with Crippen LogP contribution in [0.5, 0.6) is 0 Å². The van der Waals surface area contributed by atoms with E-state index in [-0.39, 0.29) is 12.6 Å². The lowest BCUT2D eigenvalue weighted by atomic mass is 10.1. The van der Waals surface area contributed by atoms with E-state index in [2.05, 4.69) is 12.7 Å². The minimum Gasteiger partial charge on any atom is -0.428 e. The fraction of sp³-hybridized carbons (Fsp3) is 0.471. The molecule has 108 valence electrons. The van der Waals surface area contributed by atoms with Gasteiger partial charge in [0.15, 0.2) is 0 Å². The SMILES string of the molecule is C=CCOCC(=CC1=CCCC1)C(=O)OC1=CCCC1. The number of carbonyl (C=O) groups excluding carboxylic acids is 1. The molecule has 0 bridgehead atoms. The molecule has 2 aliphatic rings. The number of hydrogen-bond donors (Lipinski definition) is 0. The summed E-state index contributed by atoms with van der Waals surface area (Å²) in [6, 6.07) is 0. The molecular formula is C17H22O3. The summed E-state index contributed by atoms with van der Waals surface area (Å²) in [5.74, 6) is 0.514. The fourth-order valence-electron chi connectivity index (χ4n) is 2.38. The van der Waals surface area contributed by atoms with E-state index in [1.54, 1.807) is 6.08 Å². The number of rotatable bonds is 7. The van der Waals surface area contributed by atoms with Gasteiger partial charge in [-0.1, -0.05) is 17.7 Å². The lowest BCUT2D eigenvalue weighted by molar-refractivity contribution is -0.135. The summed E-state index contributed by atoms with van der Waals surface area (Å²) in [6.45, 7) is 4.32. The Labute approximate surface area is 120 Å². The summed E-state index contributed by atoms with van der Waals surface area (Å²) >= 11 is 0. The van der Waals surface area contributed by atoms with E-state index >= 15 is 0 Å². The molecule has 3 nitrogen and oxygen atoms in total. The molecule has 0 unspecified atom stereocenters. The maximum absolute atomic E-state index is 12.2. The van der Waals surface area contributed by atoms with Gasteiger partial charge in [0.1, 0.15) is 5.76 Å². The lowest BCUT2D eigenvalue weighted by Gasteiger charge is -2.09. The van der Waals surface area contributed by atoms with Crippen molar-refractivity contribution in [3.8, 4) is 0 Å². The van der Waals surface area contributed by atoms with Crippen molar-refractivity contribution in [2.45, 2.75) is 38.5 Å². The first-order chi connectivity index (χ1) is 9.79. The van der Waals surface area contributed by atoms with Gasteiger partial charge < -0.3 is 9.47 Å². The molecule has 0 radical (unpaired) electrons. The Kier molecular flexibility index (Phi) is 5.81. The predicted molar refractivity (Wildman–Crippen MR) is 79.1 cm³/mol. The molecule has 0 N–H and O–H groups in total. The van der Waals surface area contributed by atoms with Crippen LogP contribution in [-0.4, -0.2) is 19.2 Å². The molecule has 20 heavy (non-hydrogen) atoms. The van der Waals surface area contributed by atoms with Crippen LogP contribution in [0.1, 0.15) is 38.5 Å². The van der Waals surface area contributed by atoms with Crippen LogP contribution in [0.15, 0.2) is 47.8 Å². The van der Waals surface area contributed by atoms with Gasteiger partial charge in [-0.3, -0.25) is 0 Å². The van der Waals surface area contributed by atoms with Crippen molar-refractivity contribution in [2.24, 2.45) is 0 Å². The van der Waals surface area contributed by atoms with Gasteiger partial charge in [0.2, 0.25) is 0 Å². The van der Waals surface area contributed by atoms with Crippen molar-refractivity contribution in [1.29, 1.82) is 0 Å². The van der Waals surface area contributed by atoms with Crippen molar-refractivity contribution in [3.63, 3.8) is 0 Å². The first-order valence-corrected chi connectivity index (χ1v) is 7.29. The van der Waals surface area contributed by atoms with Gasteiger partial charge in [-0.25, -0.2) is 4.79 Å². The molecule has 3 heteroatoms. The second-order valence-electron chi connectivity index (χ2n) is 5.10. The second kappa shape index (κ2) is 7.85. The smallest absolute Gasteiger partial charge is 0.341 e. The summed E-state index contributed by atoms with van der Waals surface area (Å²) in [4.78, 5) is 12.2. The zero-order valence-electron chi connectivity index (χ0n) is 11.9. The summed E-state index contributed by atoms with van der Waals surface area (Å²) in [7, 11) is 0. The van der Waals surface area contributed by atoms with Gasteiger partial charge in [-0.05, 0) is 44.3 Å². The highest BCUT2D eigenvalue weighted by Crippen LogP contribution is 2.23. The number of esters is 1. The average molecular weight is 274 g/mol. The van der Waals surface area contributed by atoms with Gasteiger partial charge in [-0.2, -0.15) is 0 Å². The van der Waals surface area contributed by atoms with Crippen LogP contribution in [0.2, 0.25) is 0 Å². The molecule has 0 saturated heterocycles. The minimum absolute atomic E-state index is 0.273. The van der Waals surface area contributed by atoms with Crippen LogP contribution in [-0.2, 0) is 14.3 Å². The molecule has 0 heterocycles. The number of allylic oxidation sites excluding steroid dienone is 5. The molecule has 2 rings (SSSR count). The number of ether oxygens (including phenoxy) is 2. The Morgan fingerprint density at radius 3 is 2.70 bits per heavy atom. The Hall–Kier alpha value is -1.61. The maximum atomic E-state index is 12.2. The van der Waals surface area contributed by atoms with E-state index in [0.29, 0.717) is 12.2 Å². The van der Waals surface area contributed by atoms with Gasteiger partial charge in [0, 0.05) is 6.42 Å². The third-order valence-corrected chi connectivity index (χ3v) is 3.41. The molecule has 2 aliphatic carbocycles. The van der Waals surface area contributed by atoms with Crippen molar-refractivity contribution in [3.05, 3.63) is 47.8 Å². The highest BCUT2D eigenvalue weighted by atomic mass is 16.5. The highest BCUT2D eigenvalue weighted by Gasteiger charge is 2.17. The predicted octanol–water partition coefficient (Wildman–Crippen LogP) is 3.84. The summed E-state index contributed by atoms with van der Waals surface area (Å²) in [5.41, 5.74) is 1.80. The minimum atomic E-state index is -0.282. The molecule has 0 spiro atoms. The molecule has 0 aliphatic heterocycles. The zero-order chi connectivity index (χ0) is 14.2. The van der Waals surface area contributed by atoms with E-state index in [4.69, 9.17) is 9.47 Å². The van der Waals surface area contributed by atoms with E-state index in [9.17, 15) is 4.79 Å². The van der Waals surface area contributed by atoms with Crippen molar-refractivity contribution < 1.29 is 14.3 Å². The van der Waals surface area contributed by atoms with Crippen LogP contribution in [0.25, 0.3) is 0 Å². The summed E-state index contributed by atoms with van der Waals surface area (Å²) < 4.78 is 10.8. The quantitative estimate of drug-likeness (QED) is 0.306. The highest BCUT2D eigenvalue weighted by molar-refractivity contribution is 5.90. The molecule has 0 aromatic heterocycles. The number of carbonyl (C=O) groups is 1. The van der Waals surface area contributed by atoms with Crippen molar-refractivity contribution in [2.75, 3.05) is 13.2 Å². The van der Waals surface area contributed by atoms with E-state index in [1.165, 1.54) is 5.57 Å². The van der Waals surface area contributed by atoms with E-state index in [1.807, 2.05) is 12.2 Å².